The van der Waals surface area contributed by atoms with Crippen molar-refractivity contribution >= 4 is 0 Å². The summed E-state index contributed by atoms with van der Waals surface area (Å²) >= 11 is 0. The van der Waals surface area contributed by atoms with Crippen molar-refractivity contribution in [2.24, 2.45) is 0 Å². The number of hydrogen-bond acceptors (Lipinski definition) is 1. The van der Waals surface area contributed by atoms with Gasteiger partial charge in [0, 0.05) is 0 Å². The molecule has 0 N–H and O–H groups in total. The predicted octanol–water partition coefficient (Wildman–Crippen LogP) is 3.13. The maximum atomic E-state index is 5.44. The van der Waals surface area contributed by atoms with Crippen molar-refractivity contribution in [2.75, 3.05) is 7.11 Å². The number of rotatable bonds is 3. The van der Waals surface area contributed by atoms with E-state index in [1.807, 2.05) is 0 Å². The average molecular weight is 178 g/mol. The second kappa shape index (κ2) is 4.31. The highest BCUT2D eigenvalue weighted by atomic mass is 16.5. The Morgan fingerprint density at radius 3 is 2.31 bits per heavy atom. The van der Waals surface area contributed by atoms with Crippen LogP contribution in [0, 0.1) is 6.92 Å². The molecule has 0 fully saturated rings. The molecule has 0 heterocycles. The van der Waals surface area contributed by atoms with Crippen LogP contribution in [0.4, 0.5) is 0 Å². The monoisotopic (exact) mass is 178 g/mol. The molecule has 0 unspecified atom stereocenters. The van der Waals surface area contributed by atoms with Gasteiger partial charge in [0.1, 0.15) is 5.75 Å². The predicted molar refractivity (Wildman–Crippen MR) is 56.5 cm³/mol. The van der Waals surface area contributed by atoms with E-state index in [1.54, 1.807) is 7.11 Å². The van der Waals surface area contributed by atoms with E-state index in [2.05, 4.69) is 32.9 Å². The molecule has 13 heavy (non-hydrogen) atoms. The van der Waals surface area contributed by atoms with Crippen molar-refractivity contribution in [2.45, 2.75) is 33.6 Å². The molecule has 0 aromatic heterocycles. The fraction of sp³-hybridized carbons (Fsp3) is 0.500. The van der Waals surface area contributed by atoms with Crippen LogP contribution in [0.25, 0.3) is 0 Å². The largest absolute Gasteiger partial charge is 0.496 e. The Bertz CT molecular complexity index is 289. The molecule has 0 atom stereocenters. The van der Waals surface area contributed by atoms with Gasteiger partial charge in [0.25, 0.3) is 0 Å². The lowest BCUT2D eigenvalue weighted by atomic mass is 10.00. The summed E-state index contributed by atoms with van der Waals surface area (Å²) in [7, 11) is 1.76. The van der Waals surface area contributed by atoms with Gasteiger partial charge in [0.2, 0.25) is 0 Å². The summed E-state index contributed by atoms with van der Waals surface area (Å²) in [5.41, 5.74) is 3.99. The Morgan fingerprint density at radius 1 is 1.15 bits per heavy atom. The topological polar surface area (TPSA) is 9.23 Å². The van der Waals surface area contributed by atoms with Crippen LogP contribution < -0.4 is 4.74 Å². The van der Waals surface area contributed by atoms with E-state index in [0.717, 1.165) is 18.6 Å². The standard InChI is InChI=1S/C12H18O/c1-5-10-8-7-9(3)11(6-2)12(10)13-4/h7-8H,5-6H2,1-4H3. The van der Waals surface area contributed by atoms with E-state index in [9.17, 15) is 0 Å². The summed E-state index contributed by atoms with van der Waals surface area (Å²) in [5, 5.41) is 0. The van der Waals surface area contributed by atoms with Crippen LogP contribution in [-0.4, -0.2) is 7.11 Å². The van der Waals surface area contributed by atoms with Crippen LogP contribution in [0.5, 0.6) is 5.75 Å². The van der Waals surface area contributed by atoms with Gasteiger partial charge in [-0.1, -0.05) is 26.0 Å². The molecule has 0 bridgehead atoms. The van der Waals surface area contributed by atoms with E-state index < -0.39 is 0 Å². The first kappa shape index (κ1) is 10.1. The molecule has 0 amide bonds. The van der Waals surface area contributed by atoms with Crippen molar-refractivity contribution < 1.29 is 4.74 Å². The minimum absolute atomic E-state index is 1.04. The van der Waals surface area contributed by atoms with Gasteiger partial charge in [0.05, 0.1) is 7.11 Å². The second-order valence-corrected chi connectivity index (χ2v) is 3.26. The maximum absolute atomic E-state index is 5.44. The van der Waals surface area contributed by atoms with Crippen molar-refractivity contribution in [1.82, 2.24) is 0 Å². The lowest BCUT2D eigenvalue weighted by Crippen LogP contribution is -1.98. The minimum Gasteiger partial charge on any atom is -0.496 e. The van der Waals surface area contributed by atoms with Crippen molar-refractivity contribution in [1.29, 1.82) is 0 Å². The van der Waals surface area contributed by atoms with Crippen LogP contribution in [0.15, 0.2) is 12.1 Å². The fourth-order valence-corrected chi connectivity index (χ4v) is 1.75. The first-order chi connectivity index (χ1) is 6.24. The van der Waals surface area contributed by atoms with E-state index in [4.69, 9.17) is 4.74 Å². The third kappa shape index (κ3) is 1.85. The highest BCUT2D eigenvalue weighted by Crippen LogP contribution is 2.27. The van der Waals surface area contributed by atoms with Gasteiger partial charge >= 0.3 is 0 Å². The third-order valence-corrected chi connectivity index (χ3v) is 2.51. The van der Waals surface area contributed by atoms with Crippen molar-refractivity contribution in [3.63, 3.8) is 0 Å². The molecular weight excluding hydrogens is 160 g/mol. The van der Waals surface area contributed by atoms with E-state index in [1.165, 1.54) is 16.7 Å². The van der Waals surface area contributed by atoms with Gasteiger partial charge < -0.3 is 4.74 Å². The molecule has 1 rings (SSSR count). The normalized spacial score (nSPS) is 10.2. The summed E-state index contributed by atoms with van der Waals surface area (Å²) in [4.78, 5) is 0. The van der Waals surface area contributed by atoms with Crippen molar-refractivity contribution in [3.05, 3.63) is 28.8 Å². The second-order valence-electron chi connectivity index (χ2n) is 3.26. The molecule has 1 nitrogen and oxygen atoms in total. The first-order valence-corrected chi connectivity index (χ1v) is 4.89. The smallest absolute Gasteiger partial charge is 0.125 e. The Balaban J connectivity index is 3.27. The Labute approximate surface area is 80.7 Å². The number of benzene rings is 1. The molecule has 72 valence electrons. The van der Waals surface area contributed by atoms with Crippen LogP contribution in [0.2, 0.25) is 0 Å². The van der Waals surface area contributed by atoms with Crippen LogP contribution in [0.1, 0.15) is 30.5 Å². The molecule has 0 aliphatic carbocycles. The van der Waals surface area contributed by atoms with Gasteiger partial charge in [-0.3, -0.25) is 0 Å². The quantitative estimate of drug-likeness (QED) is 0.691. The summed E-state index contributed by atoms with van der Waals surface area (Å²) in [6.07, 6.45) is 2.08. The van der Waals surface area contributed by atoms with Crippen LogP contribution in [0.3, 0.4) is 0 Å². The molecule has 1 aromatic carbocycles. The number of ether oxygens (including phenoxy) is 1. The summed E-state index contributed by atoms with van der Waals surface area (Å²) in [5.74, 6) is 1.09. The molecule has 1 aromatic rings. The zero-order valence-electron chi connectivity index (χ0n) is 8.98. The highest BCUT2D eigenvalue weighted by molar-refractivity contribution is 5.46. The van der Waals surface area contributed by atoms with Crippen LogP contribution >= 0.6 is 0 Å². The van der Waals surface area contributed by atoms with Crippen LogP contribution in [-0.2, 0) is 12.8 Å². The number of hydrogen-bond donors (Lipinski definition) is 0. The minimum atomic E-state index is 1.04. The lowest BCUT2D eigenvalue weighted by Gasteiger charge is -2.13. The molecule has 0 aliphatic heterocycles. The SMILES string of the molecule is CCc1ccc(C)c(CC)c1OC. The van der Waals surface area contributed by atoms with Crippen molar-refractivity contribution in [3.8, 4) is 5.75 Å². The van der Waals surface area contributed by atoms with Gasteiger partial charge in [0.15, 0.2) is 0 Å². The Kier molecular flexibility index (Phi) is 3.35. The van der Waals surface area contributed by atoms with E-state index in [0.29, 0.717) is 0 Å². The summed E-state index contributed by atoms with van der Waals surface area (Å²) in [6.45, 7) is 6.47. The zero-order valence-corrected chi connectivity index (χ0v) is 8.98. The zero-order chi connectivity index (χ0) is 9.84. The molecule has 0 aliphatic rings. The summed E-state index contributed by atoms with van der Waals surface area (Å²) in [6, 6.07) is 4.34. The Morgan fingerprint density at radius 2 is 1.85 bits per heavy atom. The average Bonchev–Trinajstić information content (AvgIpc) is 2.17. The molecule has 0 saturated carbocycles. The number of aryl methyl sites for hydroxylation is 2. The fourth-order valence-electron chi connectivity index (χ4n) is 1.75. The summed E-state index contributed by atoms with van der Waals surface area (Å²) < 4.78 is 5.44. The lowest BCUT2D eigenvalue weighted by molar-refractivity contribution is 0.405. The molecular formula is C12H18O. The van der Waals surface area contributed by atoms with E-state index >= 15 is 0 Å². The van der Waals surface area contributed by atoms with Gasteiger partial charge in [-0.05, 0) is 36.5 Å². The maximum Gasteiger partial charge on any atom is 0.125 e. The van der Waals surface area contributed by atoms with Gasteiger partial charge in [-0.15, -0.1) is 0 Å². The molecule has 1 heteroatoms. The van der Waals surface area contributed by atoms with Gasteiger partial charge in [-0.25, -0.2) is 0 Å². The van der Waals surface area contributed by atoms with Gasteiger partial charge in [-0.2, -0.15) is 0 Å². The first-order valence-electron chi connectivity index (χ1n) is 4.89. The highest BCUT2D eigenvalue weighted by Gasteiger charge is 2.08. The molecule has 0 spiro atoms. The Hall–Kier alpha value is -0.980. The molecule has 0 radical (unpaired) electrons. The van der Waals surface area contributed by atoms with E-state index in [-0.39, 0.29) is 0 Å². The molecule has 0 saturated heterocycles. The third-order valence-electron chi connectivity index (χ3n) is 2.51. The number of methoxy groups -OCH3 is 1.